The molecule has 1 aromatic carbocycles. The Morgan fingerprint density at radius 1 is 1.17 bits per heavy atom. The Morgan fingerprint density at radius 3 is 2.23 bits per heavy atom. The van der Waals surface area contributed by atoms with Gasteiger partial charge in [0.05, 0.1) is 16.6 Å². The fraction of sp³-hybridized carbons (Fsp3) is 0.500. The van der Waals surface area contributed by atoms with Gasteiger partial charge >= 0.3 is 11.9 Å². The maximum absolute atomic E-state index is 13.9. The van der Waals surface area contributed by atoms with Gasteiger partial charge in [0.25, 0.3) is 0 Å². The van der Waals surface area contributed by atoms with Crippen molar-refractivity contribution in [2.45, 2.75) is 78.2 Å². The summed E-state index contributed by atoms with van der Waals surface area (Å²) >= 11 is 6.81. The molecule has 0 amide bonds. The molecule has 9 nitrogen and oxygen atoms in total. The van der Waals surface area contributed by atoms with Crippen LogP contribution in [0.3, 0.4) is 0 Å². The molecule has 0 spiro atoms. The Bertz CT molecular complexity index is 1820. The number of aromatic nitrogens is 3. The molecular weight excluding hydrogens is 648 g/mol. The number of benzene rings is 1. The lowest BCUT2D eigenvalue weighted by molar-refractivity contribution is -0.110. The maximum Gasteiger partial charge on any atom is 0.386 e. The first kappa shape index (κ1) is 38.6. The average molecular weight is 693 g/mol. The minimum absolute atomic E-state index is 0.0108. The van der Waals surface area contributed by atoms with Crippen LogP contribution in [-0.4, -0.2) is 70.4 Å². The first-order valence-electron chi connectivity index (χ1n) is 16.0. The highest BCUT2D eigenvalue weighted by Gasteiger charge is 2.33. The number of aryl methyl sites for hydroxylation is 1. The number of halogens is 5. The van der Waals surface area contributed by atoms with Crippen molar-refractivity contribution in [3.63, 3.8) is 0 Å². The molecule has 3 fully saturated rings. The standard InChI is InChI=1S/C25H25ClFN7O.C5H11N.C2H3F3.C2H6/c1-13(18-12-33(2)22-6-5-20(29)17(9-28)23(18)22)19(26)7-16-21(8-27)31-25(35)32-24(16)34-10-14-3-4-15(11-34)30-14;1-5-3-4-6(5)2;1-2(3,4)5;1-2/h5-8,12,14-15,30H,3-4,10-11,29H2,1-2H3,(H,31,35);5H,3-4H2,1-2H3;1H3;1-2H3/b16-7+,19-13-,21-8-;;;/t;5-;;/m.1../s1. The molecule has 0 saturated carbocycles. The second kappa shape index (κ2) is 16.5. The zero-order valence-electron chi connectivity index (χ0n) is 28.5. The number of nitrogens with two attached hydrogens (primary N) is 1. The number of nitriles is 1. The third-order valence-corrected chi connectivity index (χ3v) is 8.98. The van der Waals surface area contributed by atoms with Crippen molar-refractivity contribution in [3.8, 4) is 6.07 Å². The quantitative estimate of drug-likeness (QED) is 0.258. The molecule has 3 aliphatic rings. The Labute approximate surface area is 283 Å². The van der Waals surface area contributed by atoms with Crippen LogP contribution in [0.1, 0.15) is 65.0 Å². The van der Waals surface area contributed by atoms with E-state index in [0.717, 1.165) is 30.0 Å². The summed E-state index contributed by atoms with van der Waals surface area (Å²) in [6.07, 6.45) is 3.38. The van der Waals surface area contributed by atoms with Crippen molar-refractivity contribution in [3.05, 3.63) is 55.5 Å². The minimum atomic E-state index is -4.00. The third-order valence-electron chi connectivity index (χ3n) is 8.59. The Kier molecular flexibility index (Phi) is 13.3. The highest BCUT2D eigenvalue weighted by Crippen LogP contribution is 2.34. The lowest BCUT2D eigenvalue weighted by Crippen LogP contribution is -2.54. The van der Waals surface area contributed by atoms with Crippen LogP contribution in [0.25, 0.3) is 28.9 Å². The van der Waals surface area contributed by atoms with E-state index < -0.39 is 11.9 Å². The monoisotopic (exact) mass is 692 g/mol. The third kappa shape index (κ3) is 9.39. The Balaban J connectivity index is 0.000000407. The number of nitrogens with one attached hydrogen (secondary N) is 2. The summed E-state index contributed by atoms with van der Waals surface area (Å²) in [5, 5.41) is 14.7. The summed E-state index contributed by atoms with van der Waals surface area (Å²) < 4.78 is 46.9. The molecule has 14 heteroatoms. The Morgan fingerprint density at radius 2 is 1.75 bits per heavy atom. The van der Waals surface area contributed by atoms with E-state index >= 15 is 0 Å². The van der Waals surface area contributed by atoms with Crippen molar-refractivity contribution in [2.24, 2.45) is 7.05 Å². The number of fused-ring (bicyclic) bond motifs is 3. The van der Waals surface area contributed by atoms with Gasteiger partial charge in [-0.3, -0.25) is 0 Å². The highest BCUT2D eigenvalue weighted by atomic mass is 35.5. The number of allylic oxidation sites excluding steroid dienone is 2. The largest absolute Gasteiger partial charge is 0.398 e. The van der Waals surface area contributed by atoms with Crippen molar-refractivity contribution in [1.29, 1.82) is 5.26 Å². The molecule has 5 heterocycles. The number of aromatic amines is 1. The van der Waals surface area contributed by atoms with E-state index in [1.54, 1.807) is 12.1 Å². The SMILES string of the molecule is CC.CC(F)(F)F.C[C@@H]1CCN1C.C\C(=C(Cl)/C=c1/c(N2CC3CCC(C2)N3)nc(=O)[nH]/c1=C\F)c1cn(C)c2ccc(N)c(C#N)c12. The van der Waals surface area contributed by atoms with Crippen LogP contribution in [0, 0.1) is 11.3 Å². The maximum atomic E-state index is 13.9. The molecule has 48 heavy (non-hydrogen) atoms. The summed E-state index contributed by atoms with van der Waals surface area (Å²) in [6, 6.07) is 7.24. The van der Waals surface area contributed by atoms with E-state index in [4.69, 9.17) is 17.3 Å². The van der Waals surface area contributed by atoms with Crippen LogP contribution in [0.2, 0.25) is 0 Å². The summed E-state index contributed by atoms with van der Waals surface area (Å²) in [4.78, 5) is 23.3. The number of rotatable bonds is 3. The fourth-order valence-corrected chi connectivity index (χ4v) is 6.05. The second-order valence-electron chi connectivity index (χ2n) is 12.1. The number of likely N-dealkylation sites (tertiary alicyclic amines) is 1. The van der Waals surface area contributed by atoms with Gasteiger partial charge in [-0.1, -0.05) is 25.4 Å². The molecule has 2 aromatic heterocycles. The molecule has 3 saturated heterocycles. The molecule has 262 valence electrons. The number of nitrogens with zero attached hydrogens (tertiary/aromatic N) is 5. The van der Waals surface area contributed by atoms with Crippen LogP contribution in [0.15, 0.2) is 28.2 Å². The van der Waals surface area contributed by atoms with E-state index in [2.05, 4.69) is 40.2 Å². The van der Waals surface area contributed by atoms with E-state index in [-0.39, 0.29) is 12.3 Å². The second-order valence-corrected chi connectivity index (χ2v) is 12.5. The number of H-pyrrole nitrogens is 1. The number of alkyl halides is 3. The van der Waals surface area contributed by atoms with E-state index in [9.17, 15) is 27.6 Å². The first-order valence-corrected chi connectivity index (χ1v) is 16.3. The van der Waals surface area contributed by atoms with Crippen LogP contribution in [0.5, 0.6) is 0 Å². The molecule has 6 rings (SSSR count). The zero-order chi connectivity index (χ0) is 35.9. The molecule has 3 atom stereocenters. The normalized spacial score (nSPS) is 21.6. The van der Waals surface area contributed by atoms with Gasteiger partial charge in [-0.15, -0.1) is 0 Å². The van der Waals surface area contributed by atoms with Crippen LogP contribution >= 0.6 is 11.6 Å². The zero-order valence-corrected chi connectivity index (χ0v) is 29.2. The lowest BCUT2D eigenvalue weighted by Gasteiger charge is -2.34. The summed E-state index contributed by atoms with van der Waals surface area (Å²) in [6.45, 7) is 10.9. The van der Waals surface area contributed by atoms with Crippen LogP contribution < -0.4 is 32.2 Å². The highest BCUT2D eigenvalue weighted by molar-refractivity contribution is 6.37. The lowest BCUT2D eigenvalue weighted by atomic mass is 10.0. The van der Waals surface area contributed by atoms with Gasteiger partial charge in [-0.05, 0) is 70.5 Å². The Hall–Kier alpha value is -3.86. The van der Waals surface area contributed by atoms with Gasteiger partial charge in [-0.25, -0.2) is 9.18 Å². The number of nitrogen functional groups attached to an aromatic ring is 1. The molecule has 4 N–H and O–H groups in total. The number of hydrogen-bond acceptors (Lipinski definition) is 7. The summed E-state index contributed by atoms with van der Waals surface area (Å²) in [5.41, 5.74) is 8.49. The van der Waals surface area contributed by atoms with Gasteiger partial charge in [0, 0.05) is 78.1 Å². The smallest absolute Gasteiger partial charge is 0.386 e. The van der Waals surface area contributed by atoms with Crippen molar-refractivity contribution < 1.29 is 17.6 Å². The molecule has 2 unspecified atom stereocenters. The molecule has 3 aromatic rings. The van der Waals surface area contributed by atoms with Gasteiger partial charge < -0.3 is 30.4 Å². The molecule has 0 aliphatic carbocycles. The minimum Gasteiger partial charge on any atom is -0.398 e. The molecule has 3 aliphatic heterocycles. The predicted octanol–water partition coefficient (Wildman–Crippen LogP) is 5.12. The number of hydrogen-bond donors (Lipinski definition) is 3. The first-order chi connectivity index (χ1) is 22.6. The fourth-order valence-electron chi connectivity index (χ4n) is 5.84. The van der Waals surface area contributed by atoms with Gasteiger partial charge in [0.15, 0.2) is 0 Å². The average Bonchev–Trinajstić information content (AvgIpc) is 3.57. The number of piperazine rings is 1. The molecular formula is C34H45ClF4N8O. The van der Waals surface area contributed by atoms with Crippen molar-refractivity contribution in [2.75, 3.05) is 37.3 Å². The van der Waals surface area contributed by atoms with Gasteiger partial charge in [0.2, 0.25) is 0 Å². The van der Waals surface area contributed by atoms with Crippen molar-refractivity contribution in [1.82, 2.24) is 24.8 Å². The van der Waals surface area contributed by atoms with E-state index in [1.165, 1.54) is 13.0 Å². The molecule has 2 bridgehead atoms. The van der Waals surface area contributed by atoms with Crippen LogP contribution in [-0.2, 0) is 7.05 Å². The summed E-state index contributed by atoms with van der Waals surface area (Å²) in [5.74, 6) is 0.405. The molecule has 0 radical (unpaired) electrons. The number of anilines is 2. The van der Waals surface area contributed by atoms with E-state index in [0.29, 0.717) is 69.8 Å². The topological polar surface area (TPSA) is 119 Å². The van der Waals surface area contributed by atoms with Crippen LogP contribution in [0.4, 0.5) is 29.1 Å². The predicted molar refractivity (Wildman–Crippen MR) is 187 cm³/mol. The van der Waals surface area contributed by atoms with E-state index in [1.807, 2.05) is 49.5 Å². The summed E-state index contributed by atoms with van der Waals surface area (Å²) in [7, 11) is 4.04. The van der Waals surface area contributed by atoms with Gasteiger partial charge in [-0.2, -0.15) is 23.4 Å². The van der Waals surface area contributed by atoms with Gasteiger partial charge in [0.1, 0.15) is 18.2 Å². The van der Waals surface area contributed by atoms with Crippen molar-refractivity contribution >= 4 is 52.0 Å².